The number of hydrogen-bond acceptors (Lipinski definition) is 2. The van der Waals surface area contributed by atoms with Gasteiger partial charge >= 0.3 is 0 Å². The van der Waals surface area contributed by atoms with Crippen molar-refractivity contribution < 1.29 is 5.11 Å². The maximum absolute atomic E-state index is 9.61. The SMILES string of the molecule is CCCCCCCCCCC1(CO)CCNCC1. The fourth-order valence-corrected chi connectivity index (χ4v) is 3.08. The van der Waals surface area contributed by atoms with Crippen molar-refractivity contribution in [3.8, 4) is 0 Å². The van der Waals surface area contributed by atoms with E-state index in [4.69, 9.17) is 0 Å². The van der Waals surface area contributed by atoms with Crippen LogP contribution in [-0.4, -0.2) is 24.8 Å². The van der Waals surface area contributed by atoms with E-state index >= 15 is 0 Å². The topological polar surface area (TPSA) is 32.3 Å². The molecular formula is C16H33NO. The van der Waals surface area contributed by atoms with Crippen molar-refractivity contribution in [1.29, 1.82) is 0 Å². The maximum atomic E-state index is 9.61. The van der Waals surface area contributed by atoms with E-state index < -0.39 is 0 Å². The van der Waals surface area contributed by atoms with E-state index in [1.807, 2.05) is 0 Å². The van der Waals surface area contributed by atoms with Crippen molar-refractivity contribution in [2.75, 3.05) is 19.7 Å². The first kappa shape index (κ1) is 16.0. The summed E-state index contributed by atoms with van der Waals surface area (Å²) in [5.41, 5.74) is 0.257. The van der Waals surface area contributed by atoms with Gasteiger partial charge < -0.3 is 10.4 Å². The third-order valence-electron chi connectivity index (χ3n) is 4.56. The molecule has 108 valence electrons. The highest BCUT2D eigenvalue weighted by atomic mass is 16.3. The fraction of sp³-hybridized carbons (Fsp3) is 1.00. The first-order valence-electron chi connectivity index (χ1n) is 8.14. The zero-order valence-electron chi connectivity index (χ0n) is 12.3. The van der Waals surface area contributed by atoms with E-state index in [2.05, 4.69) is 12.2 Å². The largest absolute Gasteiger partial charge is 0.396 e. The summed E-state index contributed by atoms with van der Waals surface area (Å²) >= 11 is 0. The lowest BCUT2D eigenvalue weighted by molar-refractivity contribution is 0.0774. The molecule has 1 fully saturated rings. The molecule has 0 bridgehead atoms. The lowest BCUT2D eigenvalue weighted by Crippen LogP contribution is -2.39. The fourth-order valence-electron chi connectivity index (χ4n) is 3.08. The predicted octanol–water partition coefficient (Wildman–Crippen LogP) is 3.88. The van der Waals surface area contributed by atoms with Gasteiger partial charge in [-0.15, -0.1) is 0 Å². The van der Waals surface area contributed by atoms with Crippen molar-refractivity contribution in [3.05, 3.63) is 0 Å². The van der Waals surface area contributed by atoms with Crippen LogP contribution in [0, 0.1) is 5.41 Å². The van der Waals surface area contributed by atoms with Gasteiger partial charge in [0, 0.05) is 6.61 Å². The van der Waals surface area contributed by atoms with Crippen LogP contribution in [0.1, 0.15) is 77.6 Å². The van der Waals surface area contributed by atoms with Gasteiger partial charge in [-0.3, -0.25) is 0 Å². The molecule has 0 saturated carbocycles. The number of unbranched alkanes of at least 4 members (excludes halogenated alkanes) is 7. The van der Waals surface area contributed by atoms with E-state index in [1.54, 1.807) is 0 Å². The highest BCUT2D eigenvalue weighted by Crippen LogP contribution is 2.34. The van der Waals surface area contributed by atoms with Crippen molar-refractivity contribution >= 4 is 0 Å². The van der Waals surface area contributed by atoms with E-state index in [-0.39, 0.29) is 5.41 Å². The molecule has 2 heteroatoms. The van der Waals surface area contributed by atoms with E-state index in [1.165, 1.54) is 70.6 Å². The standard InChI is InChI=1S/C16H33NO/c1-2-3-4-5-6-7-8-9-10-16(15-18)11-13-17-14-12-16/h17-18H,2-15H2,1H3. The molecular weight excluding hydrogens is 222 g/mol. The minimum Gasteiger partial charge on any atom is -0.396 e. The number of piperidine rings is 1. The molecule has 1 aliphatic heterocycles. The van der Waals surface area contributed by atoms with Gasteiger partial charge in [-0.2, -0.15) is 0 Å². The molecule has 2 nitrogen and oxygen atoms in total. The summed E-state index contributed by atoms with van der Waals surface area (Å²) in [5.74, 6) is 0. The van der Waals surface area contributed by atoms with Crippen LogP contribution < -0.4 is 5.32 Å². The second-order valence-electron chi connectivity index (χ2n) is 6.13. The number of aliphatic hydroxyl groups excluding tert-OH is 1. The Morgan fingerprint density at radius 2 is 1.44 bits per heavy atom. The van der Waals surface area contributed by atoms with Crippen LogP contribution in [0.15, 0.2) is 0 Å². The van der Waals surface area contributed by atoms with Crippen LogP contribution in [0.5, 0.6) is 0 Å². The third kappa shape index (κ3) is 6.19. The summed E-state index contributed by atoms with van der Waals surface area (Å²) in [6, 6.07) is 0. The molecule has 1 aliphatic rings. The van der Waals surface area contributed by atoms with Crippen molar-refractivity contribution in [3.63, 3.8) is 0 Å². The minimum absolute atomic E-state index is 0.257. The minimum atomic E-state index is 0.257. The van der Waals surface area contributed by atoms with Crippen LogP contribution in [0.2, 0.25) is 0 Å². The summed E-state index contributed by atoms with van der Waals surface area (Å²) in [4.78, 5) is 0. The van der Waals surface area contributed by atoms with Crippen LogP contribution in [-0.2, 0) is 0 Å². The number of nitrogens with one attached hydrogen (secondary N) is 1. The molecule has 2 N–H and O–H groups in total. The van der Waals surface area contributed by atoms with Gasteiger partial charge in [-0.05, 0) is 37.8 Å². The van der Waals surface area contributed by atoms with E-state index in [0.717, 1.165) is 13.1 Å². The van der Waals surface area contributed by atoms with Crippen LogP contribution >= 0.6 is 0 Å². The second-order valence-corrected chi connectivity index (χ2v) is 6.13. The molecule has 0 aromatic heterocycles. The Labute approximate surface area is 114 Å². The van der Waals surface area contributed by atoms with Gasteiger partial charge in [0.25, 0.3) is 0 Å². The highest BCUT2D eigenvalue weighted by Gasteiger charge is 2.30. The summed E-state index contributed by atoms with van der Waals surface area (Å²) in [7, 11) is 0. The van der Waals surface area contributed by atoms with Crippen molar-refractivity contribution in [2.45, 2.75) is 77.6 Å². The summed E-state index contributed by atoms with van der Waals surface area (Å²) < 4.78 is 0. The smallest absolute Gasteiger partial charge is 0.0488 e. The van der Waals surface area contributed by atoms with E-state index in [0.29, 0.717) is 6.61 Å². The molecule has 0 aromatic rings. The van der Waals surface area contributed by atoms with Gasteiger partial charge in [0.2, 0.25) is 0 Å². The predicted molar refractivity (Wildman–Crippen MR) is 78.8 cm³/mol. The summed E-state index contributed by atoms with van der Waals surface area (Å²) in [6.07, 6.45) is 14.6. The normalized spacial score (nSPS) is 19.0. The van der Waals surface area contributed by atoms with Crippen molar-refractivity contribution in [1.82, 2.24) is 5.32 Å². The van der Waals surface area contributed by atoms with Crippen LogP contribution in [0.25, 0.3) is 0 Å². The Kier molecular flexibility index (Phi) is 8.70. The zero-order chi connectivity index (χ0) is 13.1. The van der Waals surface area contributed by atoms with Gasteiger partial charge in [-0.1, -0.05) is 58.3 Å². The van der Waals surface area contributed by atoms with Gasteiger partial charge in [0.05, 0.1) is 0 Å². The van der Waals surface area contributed by atoms with Crippen molar-refractivity contribution in [2.24, 2.45) is 5.41 Å². The number of aliphatic hydroxyl groups is 1. The molecule has 0 radical (unpaired) electrons. The van der Waals surface area contributed by atoms with Gasteiger partial charge in [0.15, 0.2) is 0 Å². The summed E-state index contributed by atoms with van der Waals surface area (Å²) in [6.45, 7) is 4.85. The number of rotatable bonds is 10. The molecule has 18 heavy (non-hydrogen) atoms. The number of hydrogen-bond donors (Lipinski definition) is 2. The summed E-state index contributed by atoms with van der Waals surface area (Å²) in [5, 5.41) is 13.0. The van der Waals surface area contributed by atoms with Gasteiger partial charge in [0.1, 0.15) is 0 Å². The maximum Gasteiger partial charge on any atom is 0.0488 e. The molecule has 0 aliphatic carbocycles. The monoisotopic (exact) mass is 255 g/mol. The first-order chi connectivity index (χ1) is 8.83. The Morgan fingerprint density at radius 1 is 0.889 bits per heavy atom. The van der Waals surface area contributed by atoms with Crippen LogP contribution in [0.4, 0.5) is 0 Å². The lowest BCUT2D eigenvalue weighted by Gasteiger charge is -2.36. The molecule has 0 amide bonds. The van der Waals surface area contributed by atoms with E-state index in [9.17, 15) is 5.11 Å². The Morgan fingerprint density at radius 3 is 2.00 bits per heavy atom. The average Bonchev–Trinajstić information content (AvgIpc) is 2.43. The zero-order valence-corrected chi connectivity index (χ0v) is 12.3. The second kappa shape index (κ2) is 9.80. The Hall–Kier alpha value is -0.0800. The third-order valence-corrected chi connectivity index (χ3v) is 4.56. The highest BCUT2D eigenvalue weighted by molar-refractivity contribution is 4.83. The molecule has 0 aromatic carbocycles. The molecule has 1 rings (SSSR count). The van der Waals surface area contributed by atoms with Gasteiger partial charge in [-0.25, -0.2) is 0 Å². The quantitative estimate of drug-likeness (QED) is 0.581. The molecule has 0 atom stereocenters. The molecule has 1 saturated heterocycles. The molecule has 0 spiro atoms. The Balaban J connectivity index is 1.98. The average molecular weight is 255 g/mol. The first-order valence-corrected chi connectivity index (χ1v) is 8.14. The van der Waals surface area contributed by atoms with Crippen LogP contribution in [0.3, 0.4) is 0 Å². The Bertz CT molecular complexity index is 188. The molecule has 0 unspecified atom stereocenters. The molecule has 1 heterocycles. The lowest BCUT2D eigenvalue weighted by atomic mass is 9.75.